The number of esters is 1. The van der Waals surface area contributed by atoms with E-state index < -0.39 is 16.0 Å². The molecule has 1 aromatic rings. The monoisotopic (exact) mass is 323 g/mol. The van der Waals surface area contributed by atoms with Crippen molar-refractivity contribution in [3.63, 3.8) is 0 Å². The molecule has 0 unspecified atom stereocenters. The lowest BCUT2D eigenvalue weighted by Gasteiger charge is -2.22. The van der Waals surface area contributed by atoms with E-state index in [1.807, 2.05) is 0 Å². The van der Waals surface area contributed by atoms with Crippen molar-refractivity contribution in [1.82, 2.24) is 4.72 Å². The van der Waals surface area contributed by atoms with Crippen LogP contribution in [-0.4, -0.2) is 27.5 Å². The van der Waals surface area contributed by atoms with Gasteiger partial charge in [-0.1, -0.05) is 12.5 Å². The van der Waals surface area contributed by atoms with E-state index in [0.717, 1.165) is 19.3 Å². The summed E-state index contributed by atoms with van der Waals surface area (Å²) in [6.45, 7) is 1.76. The van der Waals surface area contributed by atoms with Crippen LogP contribution < -0.4 is 4.72 Å². The quantitative estimate of drug-likeness (QED) is 0.863. The predicted molar refractivity (Wildman–Crippen MR) is 82.1 cm³/mol. The third kappa shape index (κ3) is 2.77. The molecule has 2 bridgehead atoms. The van der Waals surface area contributed by atoms with Crippen LogP contribution in [0.1, 0.15) is 41.6 Å². The van der Waals surface area contributed by atoms with Gasteiger partial charge >= 0.3 is 5.97 Å². The molecule has 5 nitrogen and oxygen atoms in total. The number of rotatable bonds is 4. The molecule has 0 aromatic heterocycles. The van der Waals surface area contributed by atoms with Crippen LogP contribution in [0.25, 0.3) is 0 Å². The van der Waals surface area contributed by atoms with Crippen LogP contribution in [0.15, 0.2) is 23.1 Å². The van der Waals surface area contributed by atoms with Crippen molar-refractivity contribution in [3.05, 3.63) is 29.3 Å². The van der Waals surface area contributed by atoms with Crippen LogP contribution in [0.3, 0.4) is 0 Å². The molecule has 0 heterocycles. The third-order valence-electron chi connectivity index (χ3n) is 4.97. The number of methoxy groups -OCH3 is 1. The van der Waals surface area contributed by atoms with Crippen molar-refractivity contribution < 1.29 is 17.9 Å². The van der Waals surface area contributed by atoms with Crippen LogP contribution in [0.5, 0.6) is 0 Å². The Morgan fingerprint density at radius 1 is 1.27 bits per heavy atom. The van der Waals surface area contributed by atoms with E-state index in [2.05, 4.69) is 4.72 Å². The first-order chi connectivity index (χ1) is 10.4. The Balaban J connectivity index is 1.84. The van der Waals surface area contributed by atoms with Gasteiger partial charge in [-0.3, -0.25) is 0 Å². The van der Waals surface area contributed by atoms with Crippen molar-refractivity contribution in [2.24, 2.45) is 11.8 Å². The average Bonchev–Trinajstić information content (AvgIpc) is 3.08. The maximum atomic E-state index is 12.6. The molecule has 2 aliphatic carbocycles. The predicted octanol–water partition coefficient (Wildman–Crippen LogP) is 2.25. The minimum atomic E-state index is -3.60. The summed E-state index contributed by atoms with van der Waals surface area (Å²) in [5.41, 5.74) is 0.990. The van der Waals surface area contributed by atoms with Gasteiger partial charge < -0.3 is 4.74 Å². The molecule has 6 heteroatoms. The Labute approximate surface area is 131 Å². The Bertz CT molecular complexity index is 698. The standard InChI is InChI=1S/C16H21NO4S/c1-10-3-6-13(9-14(10)16(18)21-2)22(19,20)17-15-8-11-4-5-12(15)7-11/h3,6,9,11-12,15,17H,4-5,7-8H2,1-2H3/t11-,12-,15+/m1/s1. The van der Waals surface area contributed by atoms with Gasteiger partial charge in [0.05, 0.1) is 17.6 Å². The molecule has 1 N–H and O–H groups in total. The molecule has 0 saturated heterocycles. The number of carbonyl (C=O) groups excluding carboxylic acids is 1. The highest BCUT2D eigenvalue weighted by Crippen LogP contribution is 2.44. The number of aryl methyl sites for hydroxylation is 1. The zero-order valence-electron chi connectivity index (χ0n) is 12.8. The maximum Gasteiger partial charge on any atom is 0.338 e. The van der Waals surface area contributed by atoms with Gasteiger partial charge in [0.25, 0.3) is 0 Å². The fraction of sp³-hybridized carbons (Fsp3) is 0.562. The lowest BCUT2D eigenvalue weighted by molar-refractivity contribution is 0.0599. The molecule has 0 amide bonds. The fourth-order valence-corrected chi connectivity index (χ4v) is 5.10. The summed E-state index contributed by atoms with van der Waals surface area (Å²) in [6, 6.07) is 4.61. The summed E-state index contributed by atoms with van der Waals surface area (Å²) in [5.74, 6) is 0.612. The Kier molecular flexibility index (Phi) is 3.99. The van der Waals surface area contributed by atoms with E-state index in [1.54, 1.807) is 13.0 Å². The van der Waals surface area contributed by atoms with Crippen molar-refractivity contribution >= 4 is 16.0 Å². The number of hydrogen-bond acceptors (Lipinski definition) is 4. The van der Waals surface area contributed by atoms with E-state index >= 15 is 0 Å². The van der Waals surface area contributed by atoms with Crippen molar-refractivity contribution in [2.45, 2.75) is 43.5 Å². The van der Waals surface area contributed by atoms with Gasteiger partial charge in [0.2, 0.25) is 10.0 Å². The lowest BCUT2D eigenvalue weighted by atomic mass is 9.96. The second kappa shape index (κ2) is 5.66. The van der Waals surface area contributed by atoms with E-state index in [-0.39, 0.29) is 10.9 Å². The first kappa shape index (κ1) is 15.5. The van der Waals surface area contributed by atoms with Gasteiger partial charge in [0.1, 0.15) is 0 Å². The molecule has 2 aliphatic rings. The molecule has 0 spiro atoms. The van der Waals surface area contributed by atoms with Crippen molar-refractivity contribution in [2.75, 3.05) is 7.11 Å². The molecule has 0 radical (unpaired) electrons. The van der Waals surface area contributed by atoms with Crippen LogP contribution >= 0.6 is 0 Å². The second-order valence-corrected chi connectivity index (χ2v) is 8.08. The molecular weight excluding hydrogens is 302 g/mol. The zero-order valence-corrected chi connectivity index (χ0v) is 13.7. The molecule has 3 rings (SSSR count). The van der Waals surface area contributed by atoms with E-state index in [0.29, 0.717) is 23.0 Å². The number of fused-ring (bicyclic) bond motifs is 2. The third-order valence-corrected chi connectivity index (χ3v) is 6.46. The molecule has 0 aliphatic heterocycles. The van der Waals surface area contributed by atoms with Gasteiger partial charge in [-0.05, 0) is 55.7 Å². The average molecular weight is 323 g/mol. The van der Waals surface area contributed by atoms with Crippen LogP contribution in [0, 0.1) is 18.8 Å². The summed E-state index contributed by atoms with van der Waals surface area (Å²) in [4.78, 5) is 11.9. The number of carbonyl (C=O) groups is 1. The summed E-state index contributed by atoms with van der Waals surface area (Å²) < 4.78 is 32.7. The number of ether oxygens (including phenoxy) is 1. The zero-order chi connectivity index (χ0) is 15.9. The molecule has 1 aromatic carbocycles. The van der Waals surface area contributed by atoms with Crippen LogP contribution in [-0.2, 0) is 14.8 Å². The van der Waals surface area contributed by atoms with Gasteiger partial charge in [0, 0.05) is 6.04 Å². The Hall–Kier alpha value is -1.40. The minimum absolute atomic E-state index is 0.0339. The molecule has 3 atom stereocenters. The van der Waals surface area contributed by atoms with Gasteiger partial charge in [-0.2, -0.15) is 0 Å². The number of nitrogens with one attached hydrogen (secondary N) is 1. The number of benzene rings is 1. The van der Waals surface area contributed by atoms with Gasteiger partial charge in [0.15, 0.2) is 0 Å². The topological polar surface area (TPSA) is 72.5 Å². The van der Waals surface area contributed by atoms with Crippen molar-refractivity contribution in [3.8, 4) is 0 Å². The summed E-state index contributed by atoms with van der Waals surface area (Å²) in [6.07, 6.45) is 4.40. The number of hydrogen-bond donors (Lipinski definition) is 1. The molecule has 2 saturated carbocycles. The number of sulfonamides is 1. The molecule has 2 fully saturated rings. The van der Waals surface area contributed by atoms with Crippen molar-refractivity contribution in [1.29, 1.82) is 0 Å². The first-order valence-electron chi connectivity index (χ1n) is 7.62. The first-order valence-corrected chi connectivity index (χ1v) is 9.10. The maximum absolute atomic E-state index is 12.6. The fourth-order valence-electron chi connectivity index (χ4n) is 3.75. The summed E-state index contributed by atoms with van der Waals surface area (Å²) in [7, 11) is -2.32. The summed E-state index contributed by atoms with van der Waals surface area (Å²) in [5, 5.41) is 0. The Morgan fingerprint density at radius 3 is 2.64 bits per heavy atom. The van der Waals surface area contributed by atoms with Crippen LogP contribution in [0.2, 0.25) is 0 Å². The van der Waals surface area contributed by atoms with E-state index in [4.69, 9.17) is 4.74 Å². The minimum Gasteiger partial charge on any atom is -0.465 e. The highest BCUT2D eigenvalue weighted by Gasteiger charge is 2.41. The Morgan fingerprint density at radius 2 is 2.05 bits per heavy atom. The normalized spacial score (nSPS) is 27.1. The SMILES string of the molecule is COC(=O)c1cc(S(=O)(=O)N[C@H]2C[C@@H]3CC[C@@H]2C3)ccc1C. The molecule has 22 heavy (non-hydrogen) atoms. The molecular formula is C16H21NO4S. The summed E-state index contributed by atoms with van der Waals surface area (Å²) >= 11 is 0. The largest absolute Gasteiger partial charge is 0.465 e. The lowest BCUT2D eigenvalue weighted by Crippen LogP contribution is -2.38. The van der Waals surface area contributed by atoms with Crippen LogP contribution in [0.4, 0.5) is 0 Å². The van der Waals surface area contributed by atoms with E-state index in [1.165, 1.54) is 25.7 Å². The molecule has 120 valence electrons. The highest BCUT2D eigenvalue weighted by atomic mass is 32.2. The van der Waals surface area contributed by atoms with Gasteiger partial charge in [-0.15, -0.1) is 0 Å². The smallest absolute Gasteiger partial charge is 0.338 e. The van der Waals surface area contributed by atoms with Gasteiger partial charge in [-0.25, -0.2) is 17.9 Å². The van der Waals surface area contributed by atoms with E-state index in [9.17, 15) is 13.2 Å². The highest BCUT2D eigenvalue weighted by molar-refractivity contribution is 7.89. The second-order valence-electron chi connectivity index (χ2n) is 6.37.